The van der Waals surface area contributed by atoms with Gasteiger partial charge >= 0.3 is 0 Å². The van der Waals surface area contributed by atoms with Crippen molar-refractivity contribution in [1.29, 1.82) is 0 Å². The Kier molecular flexibility index (Phi) is 10.5. The highest BCUT2D eigenvalue weighted by Gasteiger charge is 2.09. The summed E-state index contributed by atoms with van der Waals surface area (Å²) in [5.74, 6) is 0.647. The molecule has 0 aliphatic carbocycles. The second-order valence-corrected chi connectivity index (χ2v) is 6.73. The summed E-state index contributed by atoms with van der Waals surface area (Å²) in [4.78, 5) is 17.7. The molecule has 0 saturated heterocycles. The van der Waals surface area contributed by atoms with E-state index in [2.05, 4.69) is 34.6 Å². The number of amides is 1. The van der Waals surface area contributed by atoms with Crippen LogP contribution >= 0.6 is 0 Å². The van der Waals surface area contributed by atoms with E-state index < -0.39 is 0 Å². The second-order valence-electron chi connectivity index (χ2n) is 6.73. The van der Waals surface area contributed by atoms with Crippen LogP contribution in [0.4, 0.5) is 0 Å². The fraction of sp³-hybridized carbons (Fsp3) is 0.737. The Morgan fingerprint density at radius 2 is 1.89 bits per heavy atom. The van der Waals surface area contributed by atoms with Crippen molar-refractivity contribution in [2.24, 2.45) is 12.0 Å². The minimum absolute atomic E-state index is 0.0213. The molecule has 0 bridgehead atoms. The number of hydrogen-bond acceptors (Lipinski definition) is 4. The lowest BCUT2D eigenvalue weighted by molar-refractivity contribution is -0.127. The van der Waals surface area contributed by atoms with Crippen LogP contribution in [0.1, 0.15) is 36.7 Å². The first-order chi connectivity index (χ1) is 12.9. The van der Waals surface area contributed by atoms with Gasteiger partial charge in [0.05, 0.1) is 5.69 Å². The zero-order valence-corrected chi connectivity index (χ0v) is 17.8. The zero-order chi connectivity index (χ0) is 20.2. The zero-order valence-electron chi connectivity index (χ0n) is 17.8. The lowest BCUT2D eigenvalue weighted by Gasteiger charge is -2.14. The van der Waals surface area contributed by atoms with Gasteiger partial charge in [-0.3, -0.25) is 9.48 Å². The molecule has 0 fully saturated rings. The molecule has 8 heteroatoms. The fourth-order valence-corrected chi connectivity index (χ4v) is 2.64. The van der Waals surface area contributed by atoms with Gasteiger partial charge in [0.25, 0.3) is 0 Å². The number of aromatic nitrogens is 2. The Labute approximate surface area is 163 Å². The molecule has 1 aromatic rings. The molecule has 0 spiro atoms. The van der Waals surface area contributed by atoms with Crippen molar-refractivity contribution in [3.8, 4) is 0 Å². The maximum Gasteiger partial charge on any atom is 0.243 e. The number of ether oxygens (including phenoxy) is 1. The summed E-state index contributed by atoms with van der Waals surface area (Å²) in [6, 6.07) is 0. The fourth-order valence-electron chi connectivity index (χ4n) is 2.64. The number of carbonyl (C=O) groups is 1. The Morgan fingerprint density at radius 1 is 1.22 bits per heavy atom. The van der Waals surface area contributed by atoms with Crippen molar-refractivity contribution in [2.75, 3.05) is 46.9 Å². The number of nitrogens with one attached hydrogen (secondary N) is 2. The molecule has 154 valence electrons. The summed E-state index contributed by atoms with van der Waals surface area (Å²) in [6.45, 7) is 9.24. The average Bonchev–Trinajstić information content (AvgIpc) is 2.87. The number of hydrogen-bond donors (Lipinski definition) is 2. The Hall–Kier alpha value is -2.09. The summed E-state index contributed by atoms with van der Waals surface area (Å²) < 4.78 is 7.28. The number of aliphatic imine (C=N–C) groups is 1. The van der Waals surface area contributed by atoms with E-state index in [1.807, 2.05) is 18.7 Å². The number of aryl methyl sites for hydroxylation is 2. The highest BCUT2D eigenvalue weighted by Crippen LogP contribution is 2.13. The van der Waals surface area contributed by atoms with E-state index in [1.54, 1.807) is 19.0 Å². The molecule has 1 amide bonds. The molecule has 0 atom stereocenters. The third kappa shape index (κ3) is 8.43. The molecule has 0 radical (unpaired) electrons. The molecule has 0 aliphatic rings. The van der Waals surface area contributed by atoms with E-state index in [0.717, 1.165) is 44.7 Å². The summed E-state index contributed by atoms with van der Waals surface area (Å²) in [5, 5.41) is 11.1. The molecule has 2 N–H and O–H groups in total. The Morgan fingerprint density at radius 3 is 2.44 bits per heavy atom. The number of rotatable bonds is 11. The van der Waals surface area contributed by atoms with Gasteiger partial charge in [-0.25, -0.2) is 4.99 Å². The highest BCUT2D eigenvalue weighted by atomic mass is 16.5. The first-order valence-corrected chi connectivity index (χ1v) is 9.66. The summed E-state index contributed by atoms with van der Waals surface area (Å²) >= 11 is 0. The van der Waals surface area contributed by atoms with Crippen molar-refractivity contribution in [1.82, 2.24) is 25.3 Å². The van der Waals surface area contributed by atoms with Gasteiger partial charge in [-0.1, -0.05) is 0 Å². The van der Waals surface area contributed by atoms with E-state index in [4.69, 9.17) is 4.74 Å². The maximum atomic E-state index is 11.8. The van der Waals surface area contributed by atoms with Crippen LogP contribution in [0.5, 0.6) is 0 Å². The topological polar surface area (TPSA) is 83.8 Å². The quantitative estimate of drug-likeness (QED) is 0.340. The predicted molar refractivity (Wildman–Crippen MR) is 109 cm³/mol. The molecular formula is C19H36N6O2. The predicted octanol–water partition coefficient (Wildman–Crippen LogP) is 1.02. The molecule has 0 saturated carbocycles. The molecular weight excluding hydrogens is 344 g/mol. The summed E-state index contributed by atoms with van der Waals surface area (Å²) in [6.07, 6.45) is 2.83. The van der Waals surface area contributed by atoms with Gasteiger partial charge in [0, 0.05) is 53.1 Å². The molecule has 8 nitrogen and oxygen atoms in total. The first-order valence-electron chi connectivity index (χ1n) is 9.66. The molecule has 1 rings (SSSR count). The van der Waals surface area contributed by atoms with Gasteiger partial charge in [0.1, 0.15) is 6.54 Å². The van der Waals surface area contributed by atoms with E-state index in [1.165, 1.54) is 11.3 Å². The largest absolute Gasteiger partial charge is 0.382 e. The normalized spacial score (nSPS) is 11.6. The minimum atomic E-state index is -0.0213. The van der Waals surface area contributed by atoms with Crippen LogP contribution in [0.2, 0.25) is 0 Å². The van der Waals surface area contributed by atoms with Crippen molar-refractivity contribution in [3.63, 3.8) is 0 Å². The van der Waals surface area contributed by atoms with Crippen LogP contribution in [0, 0.1) is 13.8 Å². The van der Waals surface area contributed by atoms with E-state index in [9.17, 15) is 4.79 Å². The van der Waals surface area contributed by atoms with Gasteiger partial charge in [0.2, 0.25) is 5.91 Å². The van der Waals surface area contributed by atoms with E-state index in [0.29, 0.717) is 12.6 Å². The van der Waals surface area contributed by atoms with Crippen molar-refractivity contribution in [2.45, 2.75) is 40.0 Å². The first kappa shape index (κ1) is 23.0. The molecule has 0 aliphatic heterocycles. The number of carbonyl (C=O) groups excluding carboxylic acids is 1. The van der Waals surface area contributed by atoms with Gasteiger partial charge in [-0.05, 0) is 45.6 Å². The lowest BCUT2D eigenvalue weighted by Crippen LogP contribution is -2.39. The number of nitrogens with zero attached hydrogens (tertiary/aromatic N) is 4. The van der Waals surface area contributed by atoms with Crippen LogP contribution in [-0.2, 0) is 23.0 Å². The monoisotopic (exact) mass is 380 g/mol. The maximum absolute atomic E-state index is 11.8. The molecule has 27 heavy (non-hydrogen) atoms. The van der Waals surface area contributed by atoms with Crippen LogP contribution < -0.4 is 10.6 Å². The molecule has 0 unspecified atom stereocenters. The molecule has 1 heterocycles. The van der Waals surface area contributed by atoms with Gasteiger partial charge in [0.15, 0.2) is 5.96 Å². The van der Waals surface area contributed by atoms with Crippen molar-refractivity contribution in [3.05, 3.63) is 17.0 Å². The van der Waals surface area contributed by atoms with Crippen molar-refractivity contribution >= 4 is 11.9 Å². The Balaban J connectivity index is 2.49. The third-order valence-electron chi connectivity index (χ3n) is 4.39. The van der Waals surface area contributed by atoms with Gasteiger partial charge < -0.3 is 20.3 Å². The van der Waals surface area contributed by atoms with E-state index in [-0.39, 0.29) is 12.5 Å². The number of guanidine groups is 1. The van der Waals surface area contributed by atoms with E-state index >= 15 is 0 Å². The third-order valence-corrected chi connectivity index (χ3v) is 4.39. The standard InChI is InChI=1S/C19H36N6O2/c1-7-27-13-9-12-21-19(22-14-18(26)24(4)5)20-11-8-10-17-15(2)23-25(6)16(17)3/h7-14H2,1-6H3,(H2,20,21,22). The Bertz CT molecular complexity index is 610. The average molecular weight is 381 g/mol. The smallest absolute Gasteiger partial charge is 0.243 e. The SMILES string of the molecule is CCOCCCNC(=NCC(=O)N(C)C)NCCCc1c(C)nn(C)c1C. The van der Waals surface area contributed by atoms with Crippen LogP contribution in [-0.4, -0.2) is 73.5 Å². The highest BCUT2D eigenvalue weighted by molar-refractivity contribution is 5.84. The molecule has 0 aromatic carbocycles. The van der Waals surface area contributed by atoms with Gasteiger partial charge in [-0.15, -0.1) is 0 Å². The molecule has 1 aromatic heterocycles. The second kappa shape index (κ2) is 12.3. The van der Waals surface area contributed by atoms with Crippen LogP contribution in [0.3, 0.4) is 0 Å². The van der Waals surface area contributed by atoms with Gasteiger partial charge in [-0.2, -0.15) is 5.10 Å². The number of likely N-dealkylation sites (N-methyl/N-ethyl adjacent to an activating group) is 1. The lowest BCUT2D eigenvalue weighted by atomic mass is 10.1. The van der Waals surface area contributed by atoms with Crippen LogP contribution in [0.15, 0.2) is 4.99 Å². The minimum Gasteiger partial charge on any atom is -0.382 e. The van der Waals surface area contributed by atoms with Crippen molar-refractivity contribution < 1.29 is 9.53 Å². The van der Waals surface area contributed by atoms with Crippen LogP contribution in [0.25, 0.3) is 0 Å². The summed E-state index contributed by atoms with van der Waals surface area (Å²) in [5.41, 5.74) is 3.62. The summed E-state index contributed by atoms with van der Waals surface area (Å²) in [7, 11) is 5.45.